The summed E-state index contributed by atoms with van der Waals surface area (Å²) in [6.07, 6.45) is 0. The molecule has 0 N–H and O–H groups in total. The van der Waals surface area contributed by atoms with Crippen molar-refractivity contribution in [2.45, 2.75) is 12.8 Å². The molecule has 1 aromatic carbocycles. The van der Waals surface area contributed by atoms with Crippen LogP contribution in [0.25, 0.3) is 0 Å². The second kappa shape index (κ2) is 4.02. The van der Waals surface area contributed by atoms with Gasteiger partial charge in [0.1, 0.15) is 5.75 Å². The number of hydrogen-bond donors (Lipinski definition) is 0. The first kappa shape index (κ1) is 11.1. The number of hydrogen-bond acceptors (Lipinski definition) is 3. The van der Waals surface area contributed by atoms with Crippen LogP contribution in [0.1, 0.15) is 18.4 Å². The second-order valence-corrected chi connectivity index (χ2v) is 5.38. The van der Waals surface area contributed by atoms with E-state index < -0.39 is 0 Å². The largest absolute Gasteiger partial charge is 0.493 e. The van der Waals surface area contributed by atoms with Crippen molar-refractivity contribution in [3.05, 3.63) is 28.2 Å². The first-order chi connectivity index (χ1) is 8.22. The molecule has 0 bridgehead atoms. The predicted molar refractivity (Wildman–Crippen MR) is 66.0 cm³/mol. The van der Waals surface area contributed by atoms with E-state index >= 15 is 0 Å². The molecule has 3 nitrogen and oxygen atoms in total. The molecule has 1 heterocycles. The number of esters is 1. The zero-order chi connectivity index (χ0) is 12.0. The van der Waals surface area contributed by atoms with Gasteiger partial charge < -0.3 is 9.47 Å². The molecule has 1 saturated carbocycles. The fourth-order valence-corrected chi connectivity index (χ4v) is 3.04. The minimum atomic E-state index is -0.0843. The number of halogens is 1. The molecule has 17 heavy (non-hydrogen) atoms. The predicted octanol–water partition coefficient (Wildman–Crippen LogP) is 2.73. The molecule has 0 saturated heterocycles. The van der Waals surface area contributed by atoms with Crippen molar-refractivity contribution in [2.75, 3.05) is 13.2 Å². The molecule has 1 aliphatic carbocycles. The topological polar surface area (TPSA) is 35.5 Å². The second-order valence-electron chi connectivity index (χ2n) is 4.46. The van der Waals surface area contributed by atoms with E-state index in [0.29, 0.717) is 19.1 Å². The number of carbonyl (C=O) groups excluding carboxylic acids is 1. The normalized spacial score (nSPS) is 28.7. The number of fused-ring (bicyclic) bond motifs is 3. The monoisotopic (exact) mass is 296 g/mol. The van der Waals surface area contributed by atoms with Gasteiger partial charge in [0, 0.05) is 16.3 Å². The van der Waals surface area contributed by atoms with Crippen molar-refractivity contribution >= 4 is 21.9 Å². The summed E-state index contributed by atoms with van der Waals surface area (Å²) in [5.41, 5.74) is 1.13. The van der Waals surface area contributed by atoms with Crippen LogP contribution in [0.4, 0.5) is 0 Å². The molecule has 0 amide bonds. The van der Waals surface area contributed by atoms with Gasteiger partial charge in [-0.25, -0.2) is 0 Å². The fourth-order valence-electron chi connectivity index (χ4n) is 2.66. The van der Waals surface area contributed by atoms with Crippen LogP contribution in [0.5, 0.6) is 5.75 Å². The Kier molecular flexibility index (Phi) is 2.62. The van der Waals surface area contributed by atoms with E-state index in [0.717, 1.165) is 15.8 Å². The summed E-state index contributed by atoms with van der Waals surface area (Å²) in [6.45, 7) is 2.91. The van der Waals surface area contributed by atoms with E-state index in [1.54, 1.807) is 0 Å². The van der Waals surface area contributed by atoms with E-state index in [1.807, 2.05) is 25.1 Å². The summed E-state index contributed by atoms with van der Waals surface area (Å²) in [5.74, 6) is 1.40. The van der Waals surface area contributed by atoms with Gasteiger partial charge in [-0.1, -0.05) is 15.9 Å². The zero-order valence-electron chi connectivity index (χ0n) is 9.48. The lowest BCUT2D eigenvalue weighted by Gasteiger charge is -2.15. The minimum absolute atomic E-state index is 0.00880. The summed E-state index contributed by atoms with van der Waals surface area (Å²) in [7, 11) is 0. The third kappa shape index (κ3) is 1.75. The van der Waals surface area contributed by atoms with Gasteiger partial charge in [-0.15, -0.1) is 0 Å². The highest BCUT2D eigenvalue weighted by atomic mass is 79.9. The maximum absolute atomic E-state index is 11.8. The molecular weight excluding hydrogens is 284 g/mol. The SMILES string of the molecule is CCOC(=O)[C@H]1[C@H]2COc3ccc(Br)cc3[C@H]21. The number of rotatable bonds is 2. The zero-order valence-corrected chi connectivity index (χ0v) is 11.1. The van der Waals surface area contributed by atoms with Gasteiger partial charge in [0.05, 0.1) is 19.1 Å². The molecule has 0 radical (unpaired) electrons. The van der Waals surface area contributed by atoms with Gasteiger partial charge >= 0.3 is 5.97 Å². The fraction of sp³-hybridized carbons (Fsp3) is 0.462. The molecule has 1 fully saturated rings. The Morgan fingerprint density at radius 1 is 1.59 bits per heavy atom. The Morgan fingerprint density at radius 3 is 3.18 bits per heavy atom. The van der Waals surface area contributed by atoms with Crippen LogP contribution < -0.4 is 4.74 Å². The number of benzene rings is 1. The van der Waals surface area contributed by atoms with Crippen LogP contribution in [0.15, 0.2) is 22.7 Å². The Bertz CT molecular complexity index is 472. The van der Waals surface area contributed by atoms with E-state index in [9.17, 15) is 4.79 Å². The average molecular weight is 297 g/mol. The van der Waals surface area contributed by atoms with E-state index in [1.165, 1.54) is 0 Å². The van der Waals surface area contributed by atoms with Crippen molar-refractivity contribution in [1.82, 2.24) is 0 Å². The first-order valence-electron chi connectivity index (χ1n) is 5.81. The summed E-state index contributed by atoms with van der Waals surface area (Å²) in [5, 5.41) is 0. The van der Waals surface area contributed by atoms with Gasteiger partial charge in [0.15, 0.2) is 0 Å². The quantitative estimate of drug-likeness (QED) is 0.787. The molecule has 90 valence electrons. The number of carbonyl (C=O) groups is 1. The van der Waals surface area contributed by atoms with Gasteiger partial charge in [-0.05, 0) is 30.7 Å². The molecule has 3 atom stereocenters. The molecule has 1 aromatic rings. The van der Waals surface area contributed by atoms with E-state index in [-0.39, 0.29) is 17.8 Å². The summed E-state index contributed by atoms with van der Waals surface area (Å²) in [4.78, 5) is 11.8. The molecule has 0 aromatic heterocycles. The van der Waals surface area contributed by atoms with E-state index in [4.69, 9.17) is 9.47 Å². The van der Waals surface area contributed by atoms with Gasteiger partial charge in [-0.2, -0.15) is 0 Å². The number of ether oxygens (including phenoxy) is 2. The molecule has 2 aliphatic rings. The van der Waals surface area contributed by atoms with Crippen molar-refractivity contribution in [3.8, 4) is 5.75 Å². The Morgan fingerprint density at radius 2 is 2.41 bits per heavy atom. The standard InChI is InChI=1S/C13H13BrO3/c1-2-16-13(15)12-9-6-17-10-4-3-7(14)5-8(10)11(9)12/h3-5,9,11-12H,2,6H2,1H3/t9-,11+,12-/m0/s1. The van der Waals surface area contributed by atoms with Crippen LogP contribution >= 0.6 is 15.9 Å². The van der Waals surface area contributed by atoms with Gasteiger partial charge in [-0.3, -0.25) is 4.79 Å². The summed E-state index contributed by atoms with van der Waals surface area (Å²) >= 11 is 3.45. The molecule has 0 unspecified atom stereocenters. The van der Waals surface area contributed by atoms with Crippen LogP contribution in [-0.4, -0.2) is 19.2 Å². The average Bonchev–Trinajstić information content (AvgIpc) is 3.04. The van der Waals surface area contributed by atoms with Gasteiger partial charge in [0.2, 0.25) is 0 Å². The lowest BCUT2D eigenvalue weighted by atomic mass is 10.1. The lowest BCUT2D eigenvalue weighted by Crippen LogP contribution is -2.10. The summed E-state index contributed by atoms with van der Waals surface area (Å²) < 4.78 is 11.8. The summed E-state index contributed by atoms with van der Waals surface area (Å²) in [6, 6.07) is 5.96. The third-order valence-electron chi connectivity index (χ3n) is 3.49. The lowest BCUT2D eigenvalue weighted by molar-refractivity contribution is -0.145. The maximum atomic E-state index is 11.8. The van der Waals surface area contributed by atoms with Crippen LogP contribution in [-0.2, 0) is 9.53 Å². The molecule has 4 heteroatoms. The third-order valence-corrected chi connectivity index (χ3v) is 3.98. The van der Waals surface area contributed by atoms with Crippen LogP contribution in [0.2, 0.25) is 0 Å². The van der Waals surface area contributed by atoms with Crippen molar-refractivity contribution < 1.29 is 14.3 Å². The highest BCUT2D eigenvalue weighted by molar-refractivity contribution is 9.10. The highest BCUT2D eigenvalue weighted by Gasteiger charge is 2.59. The first-order valence-corrected chi connectivity index (χ1v) is 6.60. The van der Waals surface area contributed by atoms with Crippen LogP contribution in [0.3, 0.4) is 0 Å². The molecular formula is C13H13BrO3. The smallest absolute Gasteiger partial charge is 0.309 e. The van der Waals surface area contributed by atoms with Crippen molar-refractivity contribution in [1.29, 1.82) is 0 Å². The van der Waals surface area contributed by atoms with Crippen molar-refractivity contribution in [2.24, 2.45) is 11.8 Å². The minimum Gasteiger partial charge on any atom is -0.493 e. The Hall–Kier alpha value is -1.03. The molecule has 3 rings (SSSR count). The van der Waals surface area contributed by atoms with Gasteiger partial charge in [0.25, 0.3) is 0 Å². The Balaban J connectivity index is 1.88. The molecule has 0 spiro atoms. The van der Waals surface area contributed by atoms with Crippen LogP contribution in [0, 0.1) is 11.8 Å². The highest BCUT2D eigenvalue weighted by Crippen LogP contribution is 2.59. The van der Waals surface area contributed by atoms with E-state index in [2.05, 4.69) is 15.9 Å². The van der Waals surface area contributed by atoms with Crippen molar-refractivity contribution in [3.63, 3.8) is 0 Å². The Labute approximate surface area is 108 Å². The molecule has 1 aliphatic heterocycles. The maximum Gasteiger partial charge on any atom is 0.309 e.